The van der Waals surface area contributed by atoms with Gasteiger partial charge in [-0.15, -0.1) is 0 Å². The summed E-state index contributed by atoms with van der Waals surface area (Å²) in [6.07, 6.45) is 5.21. The highest BCUT2D eigenvalue weighted by Crippen LogP contribution is 2.35. The fourth-order valence-electron chi connectivity index (χ4n) is 3.50. The van der Waals surface area contributed by atoms with Crippen molar-refractivity contribution in [1.29, 1.82) is 0 Å². The average molecular weight is 283 g/mol. The molecule has 2 aromatic rings. The molecule has 0 aromatic heterocycles. The van der Waals surface area contributed by atoms with Gasteiger partial charge in [0, 0.05) is 5.54 Å². The van der Waals surface area contributed by atoms with Crippen LogP contribution in [0.15, 0.2) is 42.5 Å². The van der Waals surface area contributed by atoms with Crippen LogP contribution in [-0.4, -0.2) is 0 Å². The summed E-state index contributed by atoms with van der Waals surface area (Å²) in [5.41, 5.74) is 11.3. The number of hydrogen-bond acceptors (Lipinski definition) is 1. The van der Waals surface area contributed by atoms with Crippen LogP contribution in [0.2, 0.25) is 0 Å². The quantitative estimate of drug-likeness (QED) is 0.819. The van der Waals surface area contributed by atoms with E-state index in [2.05, 4.69) is 24.3 Å². The van der Waals surface area contributed by atoms with E-state index in [4.69, 9.17) is 5.73 Å². The maximum Gasteiger partial charge on any atom is 0.123 e. The van der Waals surface area contributed by atoms with Crippen molar-refractivity contribution in [1.82, 2.24) is 0 Å². The third kappa shape index (κ3) is 2.86. The number of rotatable bonds is 2. The minimum Gasteiger partial charge on any atom is -0.321 e. The normalized spacial score (nSPS) is 21.7. The molecule has 0 radical (unpaired) electrons. The monoisotopic (exact) mass is 283 g/mol. The van der Waals surface area contributed by atoms with E-state index in [-0.39, 0.29) is 11.4 Å². The van der Waals surface area contributed by atoms with Gasteiger partial charge in [0.15, 0.2) is 0 Å². The first-order chi connectivity index (χ1) is 10.1. The Balaban J connectivity index is 2.00. The van der Waals surface area contributed by atoms with Crippen LogP contribution >= 0.6 is 0 Å². The van der Waals surface area contributed by atoms with Crippen molar-refractivity contribution in [2.45, 2.75) is 44.6 Å². The molecule has 1 nitrogen and oxygen atoms in total. The van der Waals surface area contributed by atoms with Crippen LogP contribution in [-0.2, 0) is 18.4 Å². The molecule has 1 atom stereocenters. The molecule has 0 spiro atoms. The molecule has 2 aromatic carbocycles. The maximum atomic E-state index is 13.3. The Morgan fingerprint density at radius 3 is 2.76 bits per heavy atom. The lowest BCUT2D eigenvalue weighted by Gasteiger charge is -2.31. The predicted octanol–water partition coefficient (Wildman–Crippen LogP) is 4.26. The molecule has 110 valence electrons. The number of fused-ring (bicyclic) bond motifs is 1. The van der Waals surface area contributed by atoms with Crippen LogP contribution in [0.25, 0.3) is 0 Å². The van der Waals surface area contributed by atoms with E-state index in [0.29, 0.717) is 0 Å². The summed E-state index contributed by atoms with van der Waals surface area (Å²) in [6.45, 7) is 1.96. The molecule has 1 aliphatic rings. The second-order valence-corrected chi connectivity index (χ2v) is 6.27. The number of halogens is 1. The molecule has 1 aliphatic carbocycles. The second kappa shape index (κ2) is 5.61. The molecule has 0 aliphatic heterocycles. The fourth-order valence-corrected chi connectivity index (χ4v) is 3.50. The molecule has 2 N–H and O–H groups in total. The van der Waals surface area contributed by atoms with Gasteiger partial charge in [0.25, 0.3) is 0 Å². The Kier molecular flexibility index (Phi) is 3.81. The van der Waals surface area contributed by atoms with E-state index >= 15 is 0 Å². The highest BCUT2D eigenvalue weighted by Gasteiger charge is 2.31. The lowest BCUT2D eigenvalue weighted by atomic mass is 9.79. The van der Waals surface area contributed by atoms with Crippen molar-refractivity contribution in [2.75, 3.05) is 0 Å². The summed E-state index contributed by atoms with van der Waals surface area (Å²) in [4.78, 5) is 0. The van der Waals surface area contributed by atoms with Gasteiger partial charge in [-0.05, 0) is 67.0 Å². The van der Waals surface area contributed by atoms with Gasteiger partial charge >= 0.3 is 0 Å². The summed E-state index contributed by atoms with van der Waals surface area (Å²) < 4.78 is 13.3. The van der Waals surface area contributed by atoms with Crippen LogP contribution in [0, 0.1) is 12.7 Å². The largest absolute Gasteiger partial charge is 0.321 e. The summed E-state index contributed by atoms with van der Waals surface area (Å²) in [5.74, 6) is -0.177. The third-order valence-corrected chi connectivity index (χ3v) is 4.68. The van der Waals surface area contributed by atoms with Crippen molar-refractivity contribution >= 4 is 0 Å². The highest BCUT2D eigenvalue weighted by molar-refractivity contribution is 5.38. The predicted molar refractivity (Wildman–Crippen MR) is 84.7 cm³/mol. The number of nitrogens with two attached hydrogens (primary N) is 1. The molecule has 0 heterocycles. The summed E-state index contributed by atoms with van der Waals surface area (Å²) in [5, 5.41) is 0. The fraction of sp³-hybridized carbons (Fsp3) is 0.368. The zero-order valence-electron chi connectivity index (χ0n) is 12.5. The van der Waals surface area contributed by atoms with Crippen molar-refractivity contribution < 1.29 is 4.39 Å². The average Bonchev–Trinajstić information content (AvgIpc) is 2.63. The molecule has 3 rings (SSSR count). The zero-order chi connectivity index (χ0) is 14.9. The van der Waals surface area contributed by atoms with Gasteiger partial charge in [-0.25, -0.2) is 4.39 Å². The van der Waals surface area contributed by atoms with Gasteiger partial charge in [0.2, 0.25) is 0 Å². The van der Waals surface area contributed by atoms with E-state index in [1.54, 1.807) is 6.07 Å². The molecule has 0 fully saturated rings. The lowest BCUT2D eigenvalue weighted by molar-refractivity contribution is 0.398. The van der Waals surface area contributed by atoms with Crippen LogP contribution in [0.4, 0.5) is 4.39 Å². The Labute approximate surface area is 126 Å². The molecule has 0 bridgehead atoms. The summed E-state index contributed by atoms with van der Waals surface area (Å²) in [6, 6.07) is 13.5. The number of hydrogen-bond donors (Lipinski definition) is 1. The maximum absolute atomic E-state index is 13.3. The Morgan fingerprint density at radius 2 is 1.95 bits per heavy atom. The van der Waals surface area contributed by atoms with Crippen molar-refractivity contribution in [3.63, 3.8) is 0 Å². The standard InChI is InChI=1S/C19H22FN/c1-14-12-17(20)10-9-16(14)13-19(21)11-5-4-7-15-6-2-3-8-18(15)19/h2-3,6,8-10,12H,4-5,7,11,13,21H2,1H3. The van der Waals surface area contributed by atoms with Gasteiger partial charge in [-0.2, -0.15) is 0 Å². The van der Waals surface area contributed by atoms with Crippen LogP contribution in [0.5, 0.6) is 0 Å². The molecule has 0 saturated heterocycles. The van der Waals surface area contributed by atoms with Gasteiger partial charge < -0.3 is 5.73 Å². The summed E-state index contributed by atoms with van der Waals surface area (Å²) in [7, 11) is 0. The topological polar surface area (TPSA) is 26.0 Å². The molecule has 21 heavy (non-hydrogen) atoms. The third-order valence-electron chi connectivity index (χ3n) is 4.68. The van der Waals surface area contributed by atoms with Gasteiger partial charge in [-0.3, -0.25) is 0 Å². The van der Waals surface area contributed by atoms with E-state index in [0.717, 1.165) is 36.8 Å². The minimum absolute atomic E-state index is 0.177. The van der Waals surface area contributed by atoms with E-state index < -0.39 is 0 Å². The Hall–Kier alpha value is -1.67. The van der Waals surface area contributed by atoms with Gasteiger partial charge in [0.1, 0.15) is 5.82 Å². The first kappa shape index (κ1) is 14.3. The molecule has 2 heteroatoms. The molecule has 1 unspecified atom stereocenters. The molecule has 0 saturated carbocycles. The van der Waals surface area contributed by atoms with Crippen LogP contribution in [0.1, 0.15) is 41.5 Å². The molecular formula is C19H22FN. The van der Waals surface area contributed by atoms with Crippen LogP contribution < -0.4 is 5.73 Å². The smallest absolute Gasteiger partial charge is 0.123 e. The van der Waals surface area contributed by atoms with Gasteiger partial charge in [0.05, 0.1) is 0 Å². The SMILES string of the molecule is Cc1cc(F)ccc1CC1(N)CCCCc2ccccc21. The summed E-state index contributed by atoms with van der Waals surface area (Å²) >= 11 is 0. The van der Waals surface area contributed by atoms with E-state index in [9.17, 15) is 4.39 Å². The highest BCUT2D eigenvalue weighted by atomic mass is 19.1. The molecular weight excluding hydrogens is 261 g/mol. The van der Waals surface area contributed by atoms with E-state index in [1.165, 1.54) is 23.6 Å². The van der Waals surface area contributed by atoms with Gasteiger partial charge in [-0.1, -0.05) is 36.8 Å². The Bertz CT molecular complexity index is 650. The van der Waals surface area contributed by atoms with Crippen molar-refractivity contribution in [3.05, 3.63) is 70.5 Å². The lowest BCUT2D eigenvalue weighted by Crippen LogP contribution is -2.39. The van der Waals surface area contributed by atoms with Crippen LogP contribution in [0.3, 0.4) is 0 Å². The number of benzene rings is 2. The number of aryl methyl sites for hydroxylation is 2. The zero-order valence-corrected chi connectivity index (χ0v) is 12.5. The minimum atomic E-state index is -0.338. The second-order valence-electron chi connectivity index (χ2n) is 6.27. The molecule has 0 amide bonds. The first-order valence-corrected chi connectivity index (χ1v) is 7.71. The van der Waals surface area contributed by atoms with E-state index in [1.807, 2.05) is 13.0 Å². The van der Waals surface area contributed by atoms with Crippen molar-refractivity contribution in [2.24, 2.45) is 5.73 Å². The first-order valence-electron chi connectivity index (χ1n) is 7.71. The van der Waals surface area contributed by atoms with Crippen molar-refractivity contribution in [3.8, 4) is 0 Å². The Morgan fingerprint density at radius 1 is 1.14 bits per heavy atom.